The van der Waals surface area contributed by atoms with Crippen molar-refractivity contribution >= 4 is 72.6 Å². The first-order valence-electron chi connectivity index (χ1n) is 8.02. The fourth-order valence-electron chi connectivity index (χ4n) is 2.35. The van der Waals surface area contributed by atoms with Crippen molar-refractivity contribution in [3.05, 3.63) is 59.7 Å². The first-order valence-corrected chi connectivity index (χ1v) is 15.7. The molecule has 0 radical (unpaired) electrons. The molecule has 0 saturated carbocycles. The van der Waals surface area contributed by atoms with Gasteiger partial charge in [0.05, 0.1) is 0 Å². The van der Waals surface area contributed by atoms with Gasteiger partial charge in [0.15, 0.2) is 0 Å². The second kappa shape index (κ2) is 8.40. The minimum absolute atomic E-state index is 0.0665. The summed E-state index contributed by atoms with van der Waals surface area (Å²) < 4.78 is 6.23. The molecule has 2 aromatic carbocycles. The molecule has 0 amide bonds. The molecule has 2 atom stereocenters. The topological polar surface area (TPSA) is 0 Å². The average molecular weight is 568 g/mol. The minimum atomic E-state index is 0.0665. The van der Waals surface area contributed by atoms with E-state index in [0.717, 1.165) is 16.9 Å². The van der Waals surface area contributed by atoms with Crippen LogP contribution in [0.3, 0.4) is 0 Å². The van der Waals surface area contributed by atoms with E-state index < -0.39 is 0 Å². The number of benzene rings is 2. The molecule has 0 N–H and O–H groups in total. The first kappa shape index (κ1) is 17.1. The maximum atomic E-state index is 2.39. The van der Waals surface area contributed by atoms with Gasteiger partial charge in [0.1, 0.15) is 0 Å². The van der Waals surface area contributed by atoms with Crippen molar-refractivity contribution in [2.45, 2.75) is 25.9 Å². The third-order valence-electron chi connectivity index (χ3n) is 3.93. The summed E-state index contributed by atoms with van der Waals surface area (Å²) in [6.07, 6.45) is 1.08. The van der Waals surface area contributed by atoms with Crippen molar-refractivity contribution in [1.29, 1.82) is 0 Å². The van der Waals surface area contributed by atoms with E-state index in [-0.39, 0.29) is 41.8 Å². The van der Waals surface area contributed by atoms with Crippen LogP contribution in [-0.2, 0) is 6.42 Å². The average Bonchev–Trinajstić information content (AvgIpc) is 3.48. The number of thioether (sulfide) groups is 2. The Morgan fingerprint density at radius 1 is 0.696 bits per heavy atom. The van der Waals surface area contributed by atoms with Crippen LogP contribution in [0.15, 0.2) is 48.5 Å². The Balaban J connectivity index is 1.29. The van der Waals surface area contributed by atoms with Crippen molar-refractivity contribution in [1.82, 2.24) is 0 Å². The molecule has 23 heavy (non-hydrogen) atoms. The van der Waals surface area contributed by atoms with E-state index in [1.54, 1.807) is 7.22 Å². The Bertz CT molecular complexity index is 574. The van der Waals surface area contributed by atoms with Crippen molar-refractivity contribution in [2.24, 2.45) is 0 Å². The van der Waals surface area contributed by atoms with Gasteiger partial charge in [0.2, 0.25) is 0 Å². The molecule has 2 aliphatic heterocycles. The quantitative estimate of drug-likeness (QED) is 0.356. The summed E-state index contributed by atoms with van der Waals surface area (Å²) >= 11 is 4.40. The zero-order valence-corrected chi connectivity index (χ0v) is 19.2. The van der Waals surface area contributed by atoms with Gasteiger partial charge in [-0.25, -0.2) is 0 Å². The number of hydrogen-bond acceptors (Lipinski definition) is 2. The van der Waals surface area contributed by atoms with Crippen molar-refractivity contribution in [3.8, 4) is 0 Å². The van der Waals surface area contributed by atoms with Crippen LogP contribution in [-0.4, -0.2) is 63.9 Å². The van der Waals surface area contributed by atoms with Crippen LogP contribution in [0.1, 0.15) is 11.1 Å². The van der Waals surface area contributed by atoms with E-state index in [0.29, 0.717) is 0 Å². The van der Waals surface area contributed by atoms with Crippen LogP contribution in [0, 0.1) is 0 Å². The molecule has 2 saturated heterocycles. The normalized spacial score (nSPS) is 22.1. The Morgan fingerprint density at radius 2 is 1.09 bits per heavy atom. The predicted octanol–water partition coefficient (Wildman–Crippen LogP) is 3.00. The van der Waals surface area contributed by atoms with Gasteiger partial charge < -0.3 is 0 Å². The summed E-state index contributed by atoms with van der Waals surface area (Å²) in [4.78, 5) is 0. The van der Waals surface area contributed by atoms with Crippen molar-refractivity contribution in [2.75, 3.05) is 11.5 Å². The van der Waals surface area contributed by atoms with E-state index >= 15 is 0 Å². The fraction of sp³-hybridized carbons (Fsp3) is 0.368. The van der Waals surface area contributed by atoms with Gasteiger partial charge in [-0.15, -0.1) is 0 Å². The molecular weight excluding hydrogens is 548 g/mol. The van der Waals surface area contributed by atoms with Gasteiger partial charge >= 0.3 is 170 Å². The zero-order valence-electron chi connectivity index (χ0n) is 12.9. The molecule has 2 fully saturated rings. The Hall–Kier alpha value is 0.719. The standard InChI is InChI=1S/C19H20S2Te2/c1-5-18(22-12-16-10-20-16)6-2-14(1)9-15-3-7-19(8-4-15)23-13-17-11-21-17/h1-8,16-17H,9-13H2. The maximum absolute atomic E-state index is 2.39. The second-order valence-electron chi connectivity index (χ2n) is 6.00. The third kappa shape index (κ3) is 5.88. The molecule has 0 bridgehead atoms. The molecule has 2 aliphatic rings. The van der Waals surface area contributed by atoms with Gasteiger partial charge in [-0.05, 0) is 0 Å². The van der Waals surface area contributed by atoms with Gasteiger partial charge in [0.25, 0.3) is 0 Å². The summed E-state index contributed by atoms with van der Waals surface area (Å²) in [7, 11) is 0. The van der Waals surface area contributed by atoms with Crippen LogP contribution >= 0.6 is 23.5 Å². The SMILES string of the molecule is c1cc([Te]CC2CS2)ccc1Cc1ccc([Te]CC2CS2)cc1. The van der Waals surface area contributed by atoms with Gasteiger partial charge in [0, 0.05) is 0 Å². The van der Waals surface area contributed by atoms with Crippen molar-refractivity contribution in [3.63, 3.8) is 0 Å². The van der Waals surface area contributed by atoms with E-state index in [2.05, 4.69) is 72.1 Å². The van der Waals surface area contributed by atoms with E-state index in [9.17, 15) is 0 Å². The molecule has 0 aromatic heterocycles. The predicted molar refractivity (Wildman–Crippen MR) is 109 cm³/mol. The van der Waals surface area contributed by atoms with Gasteiger partial charge in [-0.2, -0.15) is 0 Å². The number of hydrogen-bond donors (Lipinski definition) is 0. The van der Waals surface area contributed by atoms with Gasteiger partial charge in [-0.1, -0.05) is 0 Å². The molecule has 120 valence electrons. The van der Waals surface area contributed by atoms with E-state index in [1.165, 1.54) is 31.6 Å². The molecule has 0 spiro atoms. The van der Waals surface area contributed by atoms with E-state index in [4.69, 9.17) is 0 Å². The molecular formula is C19H20S2Te2. The van der Waals surface area contributed by atoms with Crippen LogP contribution < -0.4 is 7.22 Å². The molecule has 2 unspecified atom stereocenters. The summed E-state index contributed by atoms with van der Waals surface area (Å²) in [5.74, 6) is 2.84. The molecule has 0 nitrogen and oxygen atoms in total. The van der Waals surface area contributed by atoms with Crippen molar-refractivity contribution < 1.29 is 0 Å². The van der Waals surface area contributed by atoms with E-state index in [1.807, 2.05) is 0 Å². The monoisotopic (exact) mass is 572 g/mol. The number of rotatable bonds is 8. The Kier molecular flexibility index (Phi) is 6.26. The van der Waals surface area contributed by atoms with Crippen LogP contribution in [0.4, 0.5) is 0 Å². The van der Waals surface area contributed by atoms with Crippen LogP contribution in [0.2, 0.25) is 8.94 Å². The summed E-state index contributed by atoms with van der Waals surface area (Å²) in [6, 6.07) is 19.0. The molecule has 4 rings (SSSR count). The summed E-state index contributed by atoms with van der Waals surface area (Å²) in [5.41, 5.74) is 2.92. The van der Waals surface area contributed by atoms with Gasteiger partial charge in [-0.3, -0.25) is 0 Å². The molecule has 2 heterocycles. The van der Waals surface area contributed by atoms with Crippen LogP contribution in [0.5, 0.6) is 0 Å². The van der Waals surface area contributed by atoms with Crippen LogP contribution in [0.25, 0.3) is 0 Å². The third-order valence-corrected chi connectivity index (χ3v) is 13.9. The zero-order chi connectivity index (χ0) is 15.5. The molecule has 2 aromatic rings. The molecule has 0 aliphatic carbocycles. The summed E-state index contributed by atoms with van der Waals surface area (Å²) in [6.45, 7) is 0. The Labute approximate surface area is 168 Å². The Morgan fingerprint density at radius 3 is 1.43 bits per heavy atom. The second-order valence-corrected chi connectivity index (χ2v) is 14.9. The fourth-order valence-corrected chi connectivity index (χ4v) is 11.3. The first-order chi connectivity index (χ1) is 11.3. The summed E-state index contributed by atoms with van der Waals surface area (Å²) in [5, 5.41) is 2.02. The molecule has 4 heteroatoms.